The summed E-state index contributed by atoms with van der Waals surface area (Å²) < 4.78 is 2.01. The second-order valence-corrected chi connectivity index (χ2v) is 11.5. The summed E-state index contributed by atoms with van der Waals surface area (Å²) in [5, 5.41) is 11.9. The van der Waals surface area contributed by atoms with E-state index in [1.165, 1.54) is 36.8 Å². The van der Waals surface area contributed by atoms with Crippen LogP contribution in [-0.2, 0) is 0 Å². The van der Waals surface area contributed by atoms with E-state index in [0.717, 1.165) is 39.7 Å². The van der Waals surface area contributed by atoms with Crippen molar-refractivity contribution in [3.05, 3.63) is 102 Å². The molecule has 0 bridgehead atoms. The normalized spacial score (nSPS) is 15.6. The van der Waals surface area contributed by atoms with E-state index in [4.69, 9.17) is 4.98 Å². The third-order valence-electron chi connectivity index (χ3n) is 8.16. The third-order valence-corrected chi connectivity index (χ3v) is 8.16. The van der Waals surface area contributed by atoms with Gasteiger partial charge in [-0.25, -0.2) is 9.97 Å². The Morgan fingerprint density at radius 3 is 2.68 bits per heavy atom. The van der Waals surface area contributed by atoms with E-state index in [-0.39, 0.29) is 11.9 Å². The SMILES string of the molecule is CCC(NC(=O)c1ccc(C2CC2)c(-c2ccc3nc(Nc4cnn(C5CC5)c4)ncc3c2)c1)c1cccc(C)c1. The first-order valence-electron chi connectivity index (χ1n) is 14.6. The lowest BCUT2D eigenvalue weighted by atomic mass is 9.93. The highest BCUT2D eigenvalue weighted by atomic mass is 16.1. The van der Waals surface area contributed by atoms with Gasteiger partial charge in [-0.3, -0.25) is 9.48 Å². The number of rotatable bonds is 9. The van der Waals surface area contributed by atoms with Gasteiger partial charge in [-0.2, -0.15) is 5.10 Å². The fourth-order valence-electron chi connectivity index (χ4n) is 5.58. The Morgan fingerprint density at radius 2 is 1.90 bits per heavy atom. The number of fused-ring (bicyclic) bond motifs is 1. The van der Waals surface area contributed by atoms with Gasteiger partial charge in [0.25, 0.3) is 5.91 Å². The van der Waals surface area contributed by atoms with E-state index in [2.05, 4.69) is 77.0 Å². The van der Waals surface area contributed by atoms with Crippen LogP contribution in [-0.4, -0.2) is 25.7 Å². The molecule has 0 aliphatic heterocycles. The van der Waals surface area contributed by atoms with E-state index in [1.54, 1.807) is 0 Å². The van der Waals surface area contributed by atoms with Crippen molar-refractivity contribution in [2.45, 2.75) is 64.0 Å². The van der Waals surface area contributed by atoms with Crippen LogP contribution in [0.4, 0.5) is 11.6 Å². The quantitative estimate of drug-likeness (QED) is 0.200. The lowest BCUT2D eigenvalue weighted by molar-refractivity contribution is 0.0935. The zero-order valence-electron chi connectivity index (χ0n) is 23.5. The molecule has 0 radical (unpaired) electrons. The number of aromatic nitrogens is 4. The minimum absolute atomic E-state index is 0.0300. The van der Waals surface area contributed by atoms with Gasteiger partial charge < -0.3 is 10.6 Å². The van der Waals surface area contributed by atoms with E-state index in [1.807, 2.05) is 41.5 Å². The molecule has 7 heteroatoms. The van der Waals surface area contributed by atoms with Crippen molar-refractivity contribution < 1.29 is 4.79 Å². The third kappa shape index (κ3) is 5.44. The Balaban J connectivity index is 1.15. The molecule has 2 heterocycles. The molecule has 0 saturated heterocycles. The molecule has 2 aromatic heterocycles. The second kappa shape index (κ2) is 10.5. The number of aryl methyl sites for hydroxylation is 1. The fraction of sp³-hybridized carbons (Fsp3) is 0.294. The average molecular weight is 543 g/mol. The molecule has 0 spiro atoms. The van der Waals surface area contributed by atoms with Crippen molar-refractivity contribution in [2.24, 2.45) is 0 Å². The predicted octanol–water partition coefficient (Wildman–Crippen LogP) is 7.64. The van der Waals surface area contributed by atoms with E-state index < -0.39 is 0 Å². The van der Waals surface area contributed by atoms with E-state index >= 15 is 0 Å². The zero-order chi connectivity index (χ0) is 27.9. The van der Waals surface area contributed by atoms with Crippen molar-refractivity contribution >= 4 is 28.4 Å². The van der Waals surface area contributed by atoms with Crippen LogP contribution in [0.1, 0.15) is 84.1 Å². The number of anilines is 2. The minimum atomic E-state index is -0.0493. The number of nitrogens with zero attached hydrogens (tertiary/aromatic N) is 4. The number of hydrogen-bond acceptors (Lipinski definition) is 5. The van der Waals surface area contributed by atoms with Crippen LogP contribution in [0.2, 0.25) is 0 Å². The number of hydrogen-bond donors (Lipinski definition) is 2. The summed E-state index contributed by atoms with van der Waals surface area (Å²) in [5.41, 5.74) is 8.26. The summed E-state index contributed by atoms with van der Waals surface area (Å²) in [6.45, 7) is 4.19. The number of amides is 1. The summed E-state index contributed by atoms with van der Waals surface area (Å²) in [7, 11) is 0. The molecule has 206 valence electrons. The molecular formula is C34H34N6O. The fourth-order valence-corrected chi connectivity index (χ4v) is 5.58. The summed E-state index contributed by atoms with van der Waals surface area (Å²) >= 11 is 0. The van der Waals surface area contributed by atoms with Crippen molar-refractivity contribution in [3.8, 4) is 11.1 Å². The van der Waals surface area contributed by atoms with Crippen molar-refractivity contribution in [2.75, 3.05) is 5.32 Å². The molecular weight excluding hydrogens is 508 g/mol. The molecule has 1 atom stereocenters. The summed E-state index contributed by atoms with van der Waals surface area (Å²) in [5.74, 6) is 1.05. The lowest BCUT2D eigenvalue weighted by Gasteiger charge is -2.19. The van der Waals surface area contributed by atoms with Gasteiger partial charge >= 0.3 is 0 Å². The van der Waals surface area contributed by atoms with Crippen molar-refractivity contribution in [1.29, 1.82) is 0 Å². The maximum absolute atomic E-state index is 13.5. The molecule has 1 amide bonds. The van der Waals surface area contributed by atoms with Crippen LogP contribution in [0.25, 0.3) is 22.0 Å². The second-order valence-electron chi connectivity index (χ2n) is 11.5. The van der Waals surface area contributed by atoms with Gasteiger partial charge in [0.1, 0.15) is 0 Å². The van der Waals surface area contributed by atoms with Gasteiger partial charge in [-0.1, -0.05) is 48.9 Å². The van der Waals surface area contributed by atoms with Crippen LogP contribution in [0.15, 0.2) is 79.3 Å². The van der Waals surface area contributed by atoms with E-state index in [0.29, 0.717) is 23.5 Å². The molecule has 2 aliphatic carbocycles. The molecule has 41 heavy (non-hydrogen) atoms. The molecule has 3 aromatic carbocycles. The molecule has 2 N–H and O–H groups in total. The largest absolute Gasteiger partial charge is 0.345 e. The van der Waals surface area contributed by atoms with Gasteiger partial charge in [0, 0.05) is 23.3 Å². The maximum Gasteiger partial charge on any atom is 0.251 e. The highest BCUT2D eigenvalue weighted by Gasteiger charge is 2.27. The standard InChI is InChI=1S/C34H34N6O/c1-3-31(24-6-4-5-21(2)15-24)38-33(41)25-9-13-29(22-7-8-22)30(17-25)23-10-14-32-26(16-23)18-35-34(39-32)37-27-19-36-40(20-27)28-11-12-28/h4-6,9-10,13-20,22,28,31H,3,7-8,11-12H2,1-2H3,(H,38,41)(H,35,37,39). The first kappa shape index (κ1) is 25.4. The maximum atomic E-state index is 13.5. The molecule has 2 aliphatic rings. The zero-order valence-corrected chi connectivity index (χ0v) is 23.5. The molecule has 7 rings (SSSR count). The Kier molecular flexibility index (Phi) is 6.50. The van der Waals surface area contributed by atoms with Crippen molar-refractivity contribution in [1.82, 2.24) is 25.1 Å². The summed E-state index contributed by atoms with van der Waals surface area (Å²) in [6, 6.07) is 21.3. The van der Waals surface area contributed by atoms with Crippen molar-refractivity contribution in [3.63, 3.8) is 0 Å². The first-order chi connectivity index (χ1) is 20.0. The highest BCUT2D eigenvalue weighted by Crippen LogP contribution is 2.45. The monoisotopic (exact) mass is 542 g/mol. The van der Waals surface area contributed by atoms with Crippen LogP contribution in [0, 0.1) is 6.92 Å². The van der Waals surface area contributed by atoms with Gasteiger partial charge in [0.2, 0.25) is 5.95 Å². The van der Waals surface area contributed by atoms with Gasteiger partial charge in [-0.05, 0) is 91.5 Å². The summed E-state index contributed by atoms with van der Waals surface area (Å²) in [4.78, 5) is 22.8. The first-order valence-corrected chi connectivity index (χ1v) is 14.6. The lowest BCUT2D eigenvalue weighted by Crippen LogP contribution is -2.28. The Morgan fingerprint density at radius 1 is 1.02 bits per heavy atom. The highest BCUT2D eigenvalue weighted by molar-refractivity contribution is 5.96. The van der Waals surface area contributed by atoms with Crippen LogP contribution in [0.3, 0.4) is 0 Å². The van der Waals surface area contributed by atoms with Crippen LogP contribution >= 0.6 is 0 Å². The topological polar surface area (TPSA) is 84.7 Å². The minimum Gasteiger partial charge on any atom is -0.345 e. The summed E-state index contributed by atoms with van der Waals surface area (Å²) in [6.07, 6.45) is 11.3. The van der Waals surface area contributed by atoms with Gasteiger partial charge in [0.15, 0.2) is 0 Å². The average Bonchev–Trinajstić information content (AvgIpc) is 3.94. The molecule has 1 unspecified atom stereocenters. The number of carbonyl (C=O) groups is 1. The van der Waals surface area contributed by atoms with Crippen LogP contribution < -0.4 is 10.6 Å². The Hall–Kier alpha value is -4.52. The number of benzene rings is 3. The van der Waals surface area contributed by atoms with Crippen LogP contribution in [0.5, 0.6) is 0 Å². The smallest absolute Gasteiger partial charge is 0.251 e. The Labute approximate surface area is 240 Å². The van der Waals surface area contributed by atoms with E-state index in [9.17, 15) is 4.79 Å². The molecule has 7 nitrogen and oxygen atoms in total. The van der Waals surface area contributed by atoms with Gasteiger partial charge in [-0.15, -0.1) is 0 Å². The molecule has 2 fully saturated rings. The number of carbonyl (C=O) groups excluding carboxylic acids is 1. The number of nitrogens with one attached hydrogen (secondary N) is 2. The Bertz CT molecular complexity index is 1750. The van der Waals surface area contributed by atoms with Gasteiger partial charge in [0.05, 0.1) is 29.5 Å². The molecule has 5 aromatic rings. The predicted molar refractivity (Wildman–Crippen MR) is 162 cm³/mol. The molecule has 2 saturated carbocycles.